The van der Waals surface area contributed by atoms with Gasteiger partial charge in [-0.3, -0.25) is 14.6 Å². The number of carbonyl (C=O) groups excluding carboxylic acids is 2. The summed E-state index contributed by atoms with van der Waals surface area (Å²) in [6.07, 6.45) is 6.99. The van der Waals surface area contributed by atoms with Gasteiger partial charge in [0.15, 0.2) is 5.13 Å². The van der Waals surface area contributed by atoms with E-state index >= 15 is 0 Å². The summed E-state index contributed by atoms with van der Waals surface area (Å²) in [4.78, 5) is 35.0. The number of aromatic nitrogens is 2. The zero-order valence-corrected chi connectivity index (χ0v) is 14.7. The Kier molecular flexibility index (Phi) is 4.48. The summed E-state index contributed by atoms with van der Waals surface area (Å²) in [6, 6.07) is 3.81. The summed E-state index contributed by atoms with van der Waals surface area (Å²) >= 11 is 1.42. The Morgan fingerprint density at radius 2 is 1.96 bits per heavy atom. The molecule has 3 heterocycles. The molecule has 0 radical (unpaired) electrons. The fraction of sp³-hybridized carbons (Fsp3) is 0.444. The molecule has 2 fully saturated rings. The highest BCUT2D eigenvalue weighted by molar-refractivity contribution is 7.14. The Morgan fingerprint density at radius 3 is 2.64 bits per heavy atom. The average molecular weight is 356 g/mol. The van der Waals surface area contributed by atoms with E-state index in [0.717, 1.165) is 36.9 Å². The van der Waals surface area contributed by atoms with Crippen molar-refractivity contribution in [3.05, 3.63) is 29.9 Å². The van der Waals surface area contributed by atoms with Gasteiger partial charge in [-0.25, -0.2) is 4.98 Å². The molecule has 2 amide bonds. The molecule has 1 saturated heterocycles. The lowest BCUT2D eigenvalue weighted by Gasteiger charge is -2.31. The maximum atomic E-state index is 12.5. The Balaban J connectivity index is 1.32. The van der Waals surface area contributed by atoms with E-state index in [9.17, 15) is 9.59 Å². The molecule has 0 atom stereocenters. The lowest BCUT2D eigenvalue weighted by Crippen LogP contribution is -2.42. The lowest BCUT2D eigenvalue weighted by molar-refractivity contribution is -0.135. The van der Waals surface area contributed by atoms with Gasteiger partial charge in [0.25, 0.3) is 0 Å². The number of likely N-dealkylation sites (tertiary alicyclic amines) is 1. The minimum absolute atomic E-state index is 0.00519. The molecule has 2 aliphatic rings. The number of hydrogen-bond donors (Lipinski definition) is 1. The highest BCUT2D eigenvalue weighted by Crippen LogP contribution is 2.32. The third-order valence-corrected chi connectivity index (χ3v) is 5.55. The van der Waals surface area contributed by atoms with Crippen LogP contribution in [0.4, 0.5) is 5.13 Å². The normalized spacial score (nSPS) is 18.2. The molecular weight excluding hydrogens is 336 g/mol. The Morgan fingerprint density at radius 1 is 1.16 bits per heavy atom. The van der Waals surface area contributed by atoms with E-state index in [-0.39, 0.29) is 23.7 Å². The van der Waals surface area contributed by atoms with Crippen LogP contribution in [0.25, 0.3) is 11.3 Å². The Labute approximate surface area is 150 Å². The van der Waals surface area contributed by atoms with Gasteiger partial charge in [0.05, 0.1) is 5.69 Å². The van der Waals surface area contributed by atoms with E-state index in [4.69, 9.17) is 0 Å². The van der Waals surface area contributed by atoms with Gasteiger partial charge in [-0.1, -0.05) is 0 Å². The molecule has 6 nitrogen and oxygen atoms in total. The summed E-state index contributed by atoms with van der Waals surface area (Å²) in [5, 5.41) is 5.46. The maximum Gasteiger partial charge on any atom is 0.229 e. The van der Waals surface area contributed by atoms with Crippen molar-refractivity contribution in [2.24, 2.45) is 11.8 Å². The quantitative estimate of drug-likeness (QED) is 0.914. The molecule has 2 aromatic heterocycles. The predicted octanol–water partition coefficient (Wildman–Crippen LogP) is 2.79. The van der Waals surface area contributed by atoms with Gasteiger partial charge in [0.1, 0.15) is 0 Å². The van der Waals surface area contributed by atoms with E-state index < -0.39 is 0 Å². The molecule has 1 aliphatic heterocycles. The van der Waals surface area contributed by atoms with Crippen LogP contribution in [0.2, 0.25) is 0 Å². The van der Waals surface area contributed by atoms with Crippen LogP contribution >= 0.6 is 11.3 Å². The van der Waals surface area contributed by atoms with E-state index in [1.165, 1.54) is 11.3 Å². The van der Waals surface area contributed by atoms with Crippen molar-refractivity contribution in [2.45, 2.75) is 25.7 Å². The van der Waals surface area contributed by atoms with E-state index in [1.807, 2.05) is 22.4 Å². The first kappa shape index (κ1) is 16.2. The number of carbonyl (C=O) groups is 2. The first-order chi connectivity index (χ1) is 12.2. The molecule has 1 N–H and O–H groups in total. The van der Waals surface area contributed by atoms with Crippen LogP contribution in [0.1, 0.15) is 25.7 Å². The van der Waals surface area contributed by atoms with Gasteiger partial charge in [0.2, 0.25) is 11.8 Å². The summed E-state index contributed by atoms with van der Waals surface area (Å²) in [5.41, 5.74) is 1.75. The molecular formula is C18H20N4O2S. The number of thiazole rings is 1. The summed E-state index contributed by atoms with van der Waals surface area (Å²) in [5.74, 6) is 0.492. The Bertz CT molecular complexity index is 764. The minimum Gasteiger partial charge on any atom is -0.342 e. The molecule has 2 aromatic rings. The van der Waals surface area contributed by atoms with Gasteiger partial charge in [-0.2, -0.15) is 0 Å². The molecule has 130 valence electrons. The second-order valence-electron chi connectivity index (χ2n) is 6.64. The van der Waals surface area contributed by atoms with Crippen molar-refractivity contribution < 1.29 is 9.59 Å². The Hall–Kier alpha value is -2.28. The number of piperidine rings is 1. The molecule has 25 heavy (non-hydrogen) atoms. The van der Waals surface area contributed by atoms with Crippen molar-refractivity contribution in [1.29, 1.82) is 0 Å². The molecule has 0 unspecified atom stereocenters. The second-order valence-corrected chi connectivity index (χ2v) is 7.50. The first-order valence-electron chi connectivity index (χ1n) is 8.66. The molecule has 1 aliphatic carbocycles. The van der Waals surface area contributed by atoms with Crippen molar-refractivity contribution in [1.82, 2.24) is 14.9 Å². The topological polar surface area (TPSA) is 75.2 Å². The fourth-order valence-corrected chi connectivity index (χ4v) is 3.86. The first-order valence-corrected chi connectivity index (χ1v) is 9.54. The highest BCUT2D eigenvalue weighted by Gasteiger charge is 2.36. The van der Waals surface area contributed by atoms with E-state index in [0.29, 0.717) is 18.2 Å². The monoisotopic (exact) mass is 356 g/mol. The molecule has 1 saturated carbocycles. The zero-order chi connectivity index (χ0) is 17.2. The van der Waals surface area contributed by atoms with Crippen LogP contribution in [0.3, 0.4) is 0 Å². The van der Waals surface area contributed by atoms with Gasteiger partial charge < -0.3 is 10.2 Å². The van der Waals surface area contributed by atoms with Crippen LogP contribution < -0.4 is 5.32 Å². The van der Waals surface area contributed by atoms with Crippen LogP contribution in [-0.4, -0.2) is 39.8 Å². The number of nitrogens with one attached hydrogen (secondary N) is 1. The van der Waals surface area contributed by atoms with Crippen LogP contribution in [0, 0.1) is 11.8 Å². The largest absolute Gasteiger partial charge is 0.342 e. The van der Waals surface area contributed by atoms with Gasteiger partial charge in [-0.15, -0.1) is 11.3 Å². The SMILES string of the molecule is O=C(Nc1nc(-c2cccnc2)cs1)C1CCN(C(=O)C2CC2)CC1. The van der Waals surface area contributed by atoms with Gasteiger partial charge in [0, 0.05) is 48.3 Å². The van der Waals surface area contributed by atoms with Crippen molar-refractivity contribution in [3.63, 3.8) is 0 Å². The van der Waals surface area contributed by atoms with Crippen molar-refractivity contribution >= 4 is 28.3 Å². The lowest BCUT2D eigenvalue weighted by atomic mass is 9.95. The van der Waals surface area contributed by atoms with Crippen molar-refractivity contribution in [3.8, 4) is 11.3 Å². The standard InChI is InChI=1S/C18H20N4O2S/c23-16(12-5-8-22(9-6-12)17(24)13-3-4-13)21-18-20-15(11-25-18)14-2-1-7-19-10-14/h1-2,7,10-13H,3-6,8-9H2,(H,20,21,23). The van der Waals surface area contributed by atoms with E-state index in [1.54, 1.807) is 12.4 Å². The van der Waals surface area contributed by atoms with Gasteiger partial charge >= 0.3 is 0 Å². The maximum absolute atomic E-state index is 12.5. The minimum atomic E-state index is -0.0472. The van der Waals surface area contributed by atoms with Crippen LogP contribution in [0.5, 0.6) is 0 Å². The zero-order valence-electron chi connectivity index (χ0n) is 13.9. The summed E-state index contributed by atoms with van der Waals surface area (Å²) < 4.78 is 0. The third-order valence-electron chi connectivity index (χ3n) is 4.80. The van der Waals surface area contributed by atoms with E-state index in [2.05, 4.69) is 15.3 Å². The van der Waals surface area contributed by atoms with Gasteiger partial charge in [-0.05, 0) is 37.8 Å². The number of anilines is 1. The molecule has 7 heteroatoms. The highest BCUT2D eigenvalue weighted by atomic mass is 32.1. The number of pyridine rings is 1. The molecule has 0 bridgehead atoms. The number of hydrogen-bond acceptors (Lipinski definition) is 5. The smallest absolute Gasteiger partial charge is 0.229 e. The number of rotatable bonds is 4. The summed E-state index contributed by atoms with van der Waals surface area (Å²) in [7, 11) is 0. The van der Waals surface area contributed by atoms with Crippen LogP contribution in [0.15, 0.2) is 29.9 Å². The second kappa shape index (κ2) is 6.92. The molecule has 4 rings (SSSR count). The number of amides is 2. The summed E-state index contributed by atoms with van der Waals surface area (Å²) in [6.45, 7) is 1.37. The average Bonchev–Trinajstić information content (AvgIpc) is 3.41. The third kappa shape index (κ3) is 3.71. The van der Waals surface area contributed by atoms with Crippen molar-refractivity contribution in [2.75, 3.05) is 18.4 Å². The predicted molar refractivity (Wildman–Crippen MR) is 96.0 cm³/mol. The number of nitrogens with zero attached hydrogens (tertiary/aromatic N) is 3. The molecule has 0 aromatic carbocycles. The van der Waals surface area contributed by atoms with Crippen LogP contribution in [-0.2, 0) is 9.59 Å². The molecule has 0 spiro atoms. The fourth-order valence-electron chi connectivity index (χ4n) is 3.14.